The van der Waals surface area contributed by atoms with Crippen LogP contribution in [0.15, 0.2) is 48.5 Å². The lowest BCUT2D eigenvalue weighted by Crippen LogP contribution is -2.30. The maximum Gasteiger partial charge on any atom is 0.260 e. The van der Waals surface area contributed by atoms with Gasteiger partial charge < -0.3 is 14.4 Å². The number of amides is 1. The molecule has 0 aliphatic carbocycles. The Morgan fingerprint density at radius 3 is 2.17 bits per heavy atom. The normalized spacial score (nSPS) is 10.2. The van der Waals surface area contributed by atoms with Gasteiger partial charge in [0, 0.05) is 17.2 Å². The van der Waals surface area contributed by atoms with E-state index in [1.54, 1.807) is 11.9 Å². The highest BCUT2D eigenvalue weighted by Crippen LogP contribution is 2.15. The molecule has 0 aromatic heterocycles. The second-order valence-electron chi connectivity index (χ2n) is 5.07. The van der Waals surface area contributed by atoms with Crippen molar-refractivity contribution in [2.24, 2.45) is 0 Å². The first-order chi connectivity index (χ1) is 11.1. The third-order valence-electron chi connectivity index (χ3n) is 3.26. The summed E-state index contributed by atoms with van der Waals surface area (Å²) >= 11 is 2.23. The van der Waals surface area contributed by atoms with Crippen LogP contribution in [0.25, 0.3) is 0 Å². The van der Waals surface area contributed by atoms with Gasteiger partial charge in [-0.3, -0.25) is 4.79 Å². The molecule has 0 heterocycles. The molecule has 2 aromatic carbocycles. The van der Waals surface area contributed by atoms with Crippen LogP contribution in [0.1, 0.15) is 12.5 Å². The molecule has 0 saturated carbocycles. The lowest BCUT2D eigenvalue weighted by molar-refractivity contribution is -0.132. The number of rotatable bonds is 7. The molecular weight excluding hydrogens is 405 g/mol. The summed E-state index contributed by atoms with van der Waals surface area (Å²) in [6.45, 7) is 3.18. The molecular formula is C18H20INO3. The summed E-state index contributed by atoms with van der Waals surface area (Å²) < 4.78 is 12.1. The number of carbonyl (C=O) groups excluding carboxylic acids is 1. The van der Waals surface area contributed by atoms with Gasteiger partial charge in [-0.2, -0.15) is 0 Å². The molecule has 4 nitrogen and oxygen atoms in total. The zero-order valence-corrected chi connectivity index (χ0v) is 15.4. The predicted molar refractivity (Wildman–Crippen MR) is 98.7 cm³/mol. The van der Waals surface area contributed by atoms with E-state index in [-0.39, 0.29) is 12.5 Å². The fourth-order valence-electron chi connectivity index (χ4n) is 2.01. The second-order valence-corrected chi connectivity index (χ2v) is 6.31. The van der Waals surface area contributed by atoms with Gasteiger partial charge in [-0.15, -0.1) is 0 Å². The van der Waals surface area contributed by atoms with E-state index >= 15 is 0 Å². The van der Waals surface area contributed by atoms with E-state index in [1.807, 2.05) is 55.5 Å². The summed E-state index contributed by atoms with van der Waals surface area (Å²) in [4.78, 5) is 13.8. The number of hydrogen-bond acceptors (Lipinski definition) is 3. The van der Waals surface area contributed by atoms with E-state index in [2.05, 4.69) is 22.6 Å². The highest BCUT2D eigenvalue weighted by Gasteiger charge is 2.10. The Balaban J connectivity index is 1.83. The molecule has 0 bridgehead atoms. The topological polar surface area (TPSA) is 38.8 Å². The molecule has 5 heteroatoms. The molecule has 0 unspecified atom stereocenters. The minimum Gasteiger partial charge on any atom is -0.494 e. The maximum atomic E-state index is 12.1. The van der Waals surface area contributed by atoms with Crippen LogP contribution >= 0.6 is 22.6 Å². The van der Waals surface area contributed by atoms with Gasteiger partial charge in [0.25, 0.3) is 5.91 Å². The van der Waals surface area contributed by atoms with E-state index < -0.39 is 0 Å². The van der Waals surface area contributed by atoms with Crippen molar-refractivity contribution in [3.8, 4) is 11.5 Å². The van der Waals surface area contributed by atoms with E-state index in [1.165, 1.54) is 0 Å². The summed E-state index contributed by atoms with van der Waals surface area (Å²) in [5.41, 5.74) is 1.05. The summed E-state index contributed by atoms with van der Waals surface area (Å²) in [5, 5.41) is 0. The molecule has 0 radical (unpaired) electrons. The van der Waals surface area contributed by atoms with Crippen LogP contribution in [0.5, 0.6) is 11.5 Å². The van der Waals surface area contributed by atoms with Gasteiger partial charge in [0.1, 0.15) is 11.5 Å². The molecule has 0 aliphatic rings. The molecule has 0 saturated heterocycles. The zero-order valence-electron chi connectivity index (χ0n) is 13.3. The largest absolute Gasteiger partial charge is 0.494 e. The fraction of sp³-hybridized carbons (Fsp3) is 0.278. The molecule has 23 heavy (non-hydrogen) atoms. The van der Waals surface area contributed by atoms with Crippen molar-refractivity contribution < 1.29 is 14.3 Å². The van der Waals surface area contributed by atoms with Crippen molar-refractivity contribution in [1.82, 2.24) is 4.90 Å². The number of halogens is 1. The monoisotopic (exact) mass is 425 g/mol. The van der Waals surface area contributed by atoms with Gasteiger partial charge in [-0.1, -0.05) is 12.1 Å². The van der Waals surface area contributed by atoms with Gasteiger partial charge in [0.15, 0.2) is 6.61 Å². The fourth-order valence-corrected chi connectivity index (χ4v) is 2.37. The summed E-state index contributed by atoms with van der Waals surface area (Å²) in [7, 11) is 1.77. The molecule has 2 aromatic rings. The van der Waals surface area contributed by atoms with Crippen LogP contribution in [-0.4, -0.2) is 31.1 Å². The Bertz CT molecular complexity index is 626. The maximum absolute atomic E-state index is 12.1. The smallest absolute Gasteiger partial charge is 0.260 e. The Morgan fingerprint density at radius 1 is 1.00 bits per heavy atom. The number of ether oxygens (including phenoxy) is 2. The molecule has 122 valence electrons. The first-order valence-corrected chi connectivity index (χ1v) is 8.50. The van der Waals surface area contributed by atoms with Crippen LogP contribution in [0.2, 0.25) is 0 Å². The van der Waals surface area contributed by atoms with Crippen LogP contribution in [-0.2, 0) is 11.3 Å². The lowest BCUT2D eigenvalue weighted by Gasteiger charge is -2.18. The molecule has 0 fully saturated rings. The standard InChI is InChI=1S/C18H20INO3/c1-3-22-16-8-4-14(5-9-16)12-20(2)18(21)13-23-17-10-6-15(19)7-11-17/h4-11H,3,12-13H2,1-2H3. The van der Waals surface area contributed by atoms with Gasteiger partial charge >= 0.3 is 0 Å². The third-order valence-corrected chi connectivity index (χ3v) is 3.97. The van der Waals surface area contributed by atoms with Gasteiger partial charge in [0.05, 0.1) is 6.61 Å². The first kappa shape index (κ1) is 17.6. The third kappa shape index (κ3) is 5.74. The molecule has 0 N–H and O–H groups in total. The Kier molecular flexibility index (Phi) is 6.70. The van der Waals surface area contributed by atoms with Gasteiger partial charge in [-0.25, -0.2) is 0 Å². The highest BCUT2D eigenvalue weighted by atomic mass is 127. The highest BCUT2D eigenvalue weighted by molar-refractivity contribution is 14.1. The average Bonchev–Trinajstić information content (AvgIpc) is 2.56. The molecule has 1 amide bonds. The van der Waals surface area contributed by atoms with Crippen LogP contribution in [0.4, 0.5) is 0 Å². The van der Waals surface area contributed by atoms with Crippen LogP contribution in [0.3, 0.4) is 0 Å². The van der Waals surface area contributed by atoms with Crippen LogP contribution in [0, 0.1) is 3.57 Å². The Morgan fingerprint density at radius 2 is 1.57 bits per heavy atom. The predicted octanol–water partition coefficient (Wildman–Crippen LogP) is 3.73. The van der Waals surface area contributed by atoms with Gasteiger partial charge in [-0.05, 0) is 71.5 Å². The first-order valence-electron chi connectivity index (χ1n) is 7.42. The molecule has 0 aliphatic heterocycles. The average molecular weight is 425 g/mol. The van der Waals surface area contributed by atoms with Crippen molar-refractivity contribution in [1.29, 1.82) is 0 Å². The number of benzene rings is 2. The Hall–Kier alpha value is -1.76. The minimum atomic E-state index is -0.0579. The van der Waals surface area contributed by atoms with Crippen molar-refractivity contribution in [2.45, 2.75) is 13.5 Å². The number of hydrogen-bond donors (Lipinski definition) is 0. The molecule has 0 spiro atoms. The SMILES string of the molecule is CCOc1ccc(CN(C)C(=O)COc2ccc(I)cc2)cc1. The molecule has 2 rings (SSSR count). The van der Waals surface area contributed by atoms with Crippen molar-refractivity contribution in [3.05, 3.63) is 57.7 Å². The summed E-state index contributed by atoms with van der Waals surface area (Å²) in [5.74, 6) is 1.48. The van der Waals surface area contributed by atoms with Crippen molar-refractivity contribution in [2.75, 3.05) is 20.3 Å². The number of likely N-dealkylation sites (N-methyl/N-ethyl adjacent to an activating group) is 1. The van der Waals surface area contributed by atoms with E-state index in [0.29, 0.717) is 18.9 Å². The second kappa shape index (κ2) is 8.76. The van der Waals surface area contributed by atoms with Crippen molar-refractivity contribution >= 4 is 28.5 Å². The molecule has 0 atom stereocenters. The van der Waals surface area contributed by atoms with Crippen molar-refractivity contribution in [3.63, 3.8) is 0 Å². The van der Waals surface area contributed by atoms with E-state index in [0.717, 1.165) is 14.9 Å². The Labute approximate surface area is 150 Å². The minimum absolute atomic E-state index is 0.0358. The van der Waals surface area contributed by atoms with E-state index in [9.17, 15) is 4.79 Å². The zero-order chi connectivity index (χ0) is 16.7. The number of carbonyl (C=O) groups is 1. The lowest BCUT2D eigenvalue weighted by atomic mass is 10.2. The quantitative estimate of drug-likeness (QED) is 0.635. The van der Waals surface area contributed by atoms with Gasteiger partial charge in [0.2, 0.25) is 0 Å². The van der Waals surface area contributed by atoms with E-state index in [4.69, 9.17) is 9.47 Å². The van der Waals surface area contributed by atoms with Crippen LogP contribution < -0.4 is 9.47 Å². The summed E-state index contributed by atoms with van der Waals surface area (Å²) in [6.07, 6.45) is 0. The number of nitrogens with zero attached hydrogens (tertiary/aromatic N) is 1. The summed E-state index contributed by atoms with van der Waals surface area (Å²) in [6, 6.07) is 15.4.